The molecular weight excluding hydrogens is 394 g/mol. The Kier molecular flexibility index (Phi) is 4.91. The molecule has 0 amide bonds. The van der Waals surface area contributed by atoms with Crippen molar-refractivity contribution in [3.05, 3.63) is 23.3 Å². The van der Waals surface area contributed by atoms with E-state index in [1.54, 1.807) is 0 Å². The van der Waals surface area contributed by atoms with Crippen LogP contribution in [0.5, 0.6) is 5.75 Å². The number of aryl methyl sites for hydroxylation is 1. The van der Waals surface area contributed by atoms with Crippen molar-refractivity contribution in [3.8, 4) is 5.75 Å². The third-order valence-electron chi connectivity index (χ3n) is 2.74. The third kappa shape index (κ3) is 3.23. The highest BCUT2D eigenvalue weighted by molar-refractivity contribution is 9.10. The average Bonchev–Trinajstić information content (AvgIpc) is 2.30. The SMILES string of the molecule is Cc1cc(C(F)(C(F)(F)F)C(F)(F)Br)cc(OC(F)F)c1N. The summed E-state index contributed by atoms with van der Waals surface area (Å²) < 4.78 is 107. The molecule has 0 bridgehead atoms. The van der Waals surface area contributed by atoms with Gasteiger partial charge in [0.15, 0.2) is 0 Å². The van der Waals surface area contributed by atoms with Crippen LogP contribution < -0.4 is 10.5 Å². The van der Waals surface area contributed by atoms with Gasteiger partial charge in [0.2, 0.25) is 0 Å². The Morgan fingerprint density at radius 1 is 1.09 bits per heavy atom. The predicted molar refractivity (Wildman–Crippen MR) is 64.9 cm³/mol. The Balaban J connectivity index is 3.62. The average molecular weight is 402 g/mol. The highest BCUT2D eigenvalue weighted by Crippen LogP contribution is 2.56. The molecular formula is C11H8BrF8NO. The minimum Gasteiger partial charge on any atom is -0.433 e. The number of nitrogen functional groups attached to an aromatic ring is 1. The van der Waals surface area contributed by atoms with Crippen molar-refractivity contribution in [2.75, 3.05) is 5.73 Å². The second-order valence-electron chi connectivity index (χ2n) is 4.24. The Labute approximate surface area is 127 Å². The van der Waals surface area contributed by atoms with Crippen LogP contribution in [0.15, 0.2) is 12.1 Å². The summed E-state index contributed by atoms with van der Waals surface area (Å²) in [6.45, 7) is -2.46. The first-order valence-electron chi connectivity index (χ1n) is 5.39. The summed E-state index contributed by atoms with van der Waals surface area (Å²) in [4.78, 5) is -5.05. The zero-order chi connectivity index (χ0) is 17.5. The normalized spacial score (nSPS) is 15.8. The van der Waals surface area contributed by atoms with Gasteiger partial charge < -0.3 is 10.5 Å². The molecule has 0 spiro atoms. The Hall–Kier alpha value is -1.26. The van der Waals surface area contributed by atoms with Crippen LogP contribution in [0.1, 0.15) is 11.1 Å². The topological polar surface area (TPSA) is 35.2 Å². The van der Waals surface area contributed by atoms with E-state index < -0.39 is 40.3 Å². The number of hydrogen-bond donors (Lipinski definition) is 1. The number of anilines is 1. The van der Waals surface area contributed by atoms with E-state index in [-0.39, 0.29) is 11.6 Å². The molecule has 0 heterocycles. The molecule has 0 aliphatic rings. The number of alkyl halides is 9. The van der Waals surface area contributed by atoms with Crippen LogP contribution in [-0.4, -0.2) is 17.6 Å². The van der Waals surface area contributed by atoms with Gasteiger partial charge in [-0.25, -0.2) is 4.39 Å². The smallest absolute Gasteiger partial charge is 0.433 e. The van der Waals surface area contributed by atoms with Crippen LogP contribution in [0, 0.1) is 6.92 Å². The van der Waals surface area contributed by atoms with Gasteiger partial charge in [-0.05, 0) is 40.5 Å². The van der Waals surface area contributed by atoms with Crippen LogP contribution in [0.2, 0.25) is 0 Å². The first-order valence-corrected chi connectivity index (χ1v) is 6.19. The van der Waals surface area contributed by atoms with Crippen LogP contribution in [0.4, 0.5) is 40.8 Å². The lowest BCUT2D eigenvalue weighted by Gasteiger charge is -2.32. The maximum atomic E-state index is 14.2. The summed E-state index contributed by atoms with van der Waals surface area (Å²) in [6.07, 6.45) is -6.04. The van der Waals surface area contributed by atoms with Crippen molar-refractivity contribution in [2.45, 2.75) is 30.2 Å². The lowest BCUT2D eigenvalue weighted by Crippen LogP contribution is -2.49. The van der Waals surface area contributed by atoms with Crippen LogP contribution >= 0.6 is 15.9 Å². The van der Waals surface area contributed by atoms with Gasteiger partial charge in [-0.3, -0.25) is 0 Å². The largest absolute Gasteiger partial charge is 0.433 e. The number of nitrogens with two attached hydrogens (primary N) is 1. The molecule has 0 aliphatic carbocycles. The minimum absolute atomic E-state index is 0.0666. The van der Waals surface area contributed by atoms with Gasteiger partial charge in [-0.15, -0.1) is 0 Å². The zero-order valence-corrected chi connectivity index (χ0v) is 12.2. The number of rotatable bonds is 4. The molecule has 1 unspecified atom stereocenters. The summed E-state index contributed by atoms with van der Waals surface area (Å²) in [5.74, 6) is -1.03. The third-order valence-corrected chi connectivity index (χ3v) is 3.29. The molecule has 0 fully saturated rings. The molecule has 1 atom stereocenters. The van der Waals surface area contributed by atoms with Gasteiger partial charge in [-0.1, -0.05) is 0 Å². The summed E-state index contributed by atoms with van der Waals surface area (Å²) in [5, 5.41) is 0. The zero-order valence-electron chi connectivity index (χ0n) is 10.6. The molecule has 2 N–H and O–H groups in total. The van der Waals surface area contributed by atoms with E-state index in [2.05, 4.69) is 4.74 Å². The molecule has 126 valence electrons. The number of benzene rings is 1. The van der Waals surface area contributed by atoms with Gasteiger partial charge in [0.05, 0.1) is 5.69 Å². The Bertz CT molecular complexity index is 540. The van der Waals surface area contributed by atoms with E-state index in [1.165, 1.54) is 15.9 Å². The molecule has 11 heteroatoms. The Morgan fingerprint density at radius 2 is 1.59 bits per heavy atom. The molecule has 0 aromatic heterocycles. The number of hydrogen-bond acceptors (Lipinski definition) is 2. The molecule has 0 radical (unpaired) electrons. The molecule has 2 nitrogen and oxygen atoms in total. The minimum atomic E-state index is -6.04. The van der Waals surface area contributed by atoms with Gasteiger partial charge in [0.1, 0.15) is 5.75 Å². The predicted octanol–water partition coefficient (Wildman–Crippen LogP) is 4.89. The highest BCUT2D eigenvalue weighted by Gasteiger charge is 2.71. The van der Waals surface area contributed by atoms with E-state index in [0.717, 1.165) is 6.92 Å². The fraction of sp³-hybridized carbons (Fsp3) is 0.455. The monoisotopic (exact) mass is 401 g/mol. The highest BCUT2D eigenvalue weighted by atomic mass is 79.9. The van der Waals surface area contributed by atoms with E-state index in [1.807, 2.05) is 0 Å². The summed E-state index contributed by atoms with van der Waals surface area (Å²) >= 11 is 1.34. The quantitative estimate of drug-likeness (QED) is 0.442. The van der Waals surface area contributed by atoms with Crippen LogP contribution in [-0.2, 0) is 5.67 Å². The molecule has 1 aromatic rings. The van der Waals surface area contributed by atoms with Crippen molar-refractivity contribution in [1.29, 1.82) is 0 Å². The van der Waals surface area contributed by atoms with Crippen molar-refractivity contribution in [1.82, 2.24) is 0 Å². The van der Waals surface area contributed by atoms with E-state index in [0.29, 0.717) is 6.07 Å². The van der Waals surface area contributed by atoms with Crippen molar-refractivity contribution in [3.63, 3.8) is 0 Å². The molecule has 0 saturated carbocycles. The van der Waals surface area contributed by atoms with Crippen molar-refractivity contribution < 1.29 is 39.9 Å². The van der Waals surface area contributed by atoms with Crippen LogP contribution in [0.25, 0.3) is 0 Å². The van der Waals surface area contributed by atoms with E-state index in [9.17, 15) is 35.1 Å². The lowest BCUT2D eigenvalue weighted by atomic mass is 9.93. The molecule has 1 rings (SSSR count). The van der Waals surface area contributed by atoms with E-state index >= 15 is 0 Å². The first-order chi connectivity index (χ1) is 9.71. The number of halogens is 9. The van der Waals surface area contributed by atoms with Gasteiger partial charge in [-0.2, -0.15) is 30.7 Å². The van der Waals surface area contributed by atoms with E-state index in [4.69, 9.17) is 5.73 Å². The fourth-order valence-electron chi connectivity index (χ4n) is 1.65. The second kappa shape index (κ2) is 5.74. The van der Waals surface area contributed by atoms with Gasteiger partial charge in [0.25, 0.3) is 0 Å². The second-order valence-corrected chi connectivity index (χ2v) is 5.23. The maximum absolute atomic E-state index is 14.2. The number of ether oxygens (including phenoxy) is 1. The maximum Gasteiger partial charge on any atom is 0.433 e. The molecule has 0 aliphatic heterocycles. The van der Waals surface area contributed by atoms with Gasteiger partial charge in [0, 0.05) is 5.56 Å². The molecule has 22 heavy (non-hydrogen) atoms. The fourth-order valence-corrected chi connectivity index (χ4v) is 2.10. The van der Waals surface area contributed by atoms with Crippen molar-refractivity contribution >= 4 is 21.6 Å². The van der Waals surface area contributed by atoms with Crippen molar-refractivity contribution in [2.24, 2.45) is 0 Å². The standard InChI is InChI=1S/C11H8BrF8NO/c1-4-2-5(3-6(7(4)21)22-8(13)14)9(15,10(12,16)17)11(18,19)20/h2-3,8H,21H2,1H3. The van der Waals surface area contributed by atoms with Gasteiger partial charge >= 0.3 is 23.3 Å². The first kappa shape index (κ1) is 18.8. The summed E-state index contributed by atoms with van der Waals surface area (Å²) in [5.41, 5.74) is -2.35. The molecule has 1 aromatic carbocycles. The Morgan fingerprint density at radius 3 is 1.95 bits per heavy atom. The summed E-state index contributed by atoms with van der Waals surface area (Å²) in [7, 11) is 0. The lowest BCUT2D eigenvalue weighted by molar-refractivity contribution is -0.282. The summed E-state index contributed by atoms with van der Waals surface area (Å²) in [6, 6.07) is 0.452. The molecule has 0 saturated heterocycles. The van der Waals surface area contributed by atoms with Crippen LogP contribution in [0.3, 0.4) is 0 Å².